The Labute approximate surface area is 86.5 Å². The smallest absolute Gasteiger partial charge is 0.222 e. The van der Waals surface area contributed by atoms with Crippen molar-refractivity contribution in [3.05, 3.63) is 23.1 Å². The van der Waals surface area contributed by atoms with E-state index in [1.807, 2.05) is 0 Å². The molecule has 0 aliphatic carbocycles. The molecule has 0 aliphatic rings. The minimum Gasteiger partial charge on any atom is -0.368 e. The number of nitrogens with two attached hydrogens (primary N) is 1. The first-order valence-corrected chi connectivity index (χ1v) is 5.42. The van der Waals surface area contributed by atoms with E-state index in [-0.39, 0.29) is 0 Å². The van der Waals surface area contributed by atoms with E-state index in [4.69, 9.17) is 10.3 Å². The van der Waals surface area contributed by atoms with Gasteiger partial charge < -0.3 is 10.3 Å². The molecule has 2 N–H and O–H groups in total. The molecule has 0 saturated heterocycles. The summed E-state index contributed by atoms with van der Waals surface area (Å²) in [6, 6.07) is 5.95. The molecule has 2 aromatic heterocycles. The summed E-state index contributed by atoms with van der Waals surface area (Å²) >= 11 is 1.75. The van der Waals surface area contributed by atoms with Crippen LogP contribution in [0.2, 0.25) is 0 Å². The summed E-state index contributed by atoms with van der Waals surface area (Å²) in [4.78, 5) is 2.50. The van der Waals surface area contributed by atoms with Gasteiger partial charge in [0.2, 0.25) is 5.88 Å². The highest BCUT2D eigenvalue weighted by Gasteiger charge is 2.06. The molecule has 2 heterocycles. The second-order valence-corrected chi connectivity index (χ2v) is 4.30. The van der Waals surface area contributed by atoms with Gasteiger partial charge in [-0.15, -0.1) is 11.3 Å². The third-order valence-electron chi connectivity index (χ3n) is 1.94. The molecule has 74 valence electrons. The Balaban J connectivity index is 2.24. The standard InChI is InChI=1S/C10H12N2OS/c1-2-3-7-4-5-9(14-7)8-6-10(11)13-12-8/h4-6H,2-3,11H2,1H3. The largest absolute Gasteiger partial charge is 0.368 e. The second-order valence-electron chi connectivity index (χ2n) is 3.13. The van der Waals surface area contributed by atoms with Crippen molar-refractivity contribution in [2.24, 2.45) is 0 Å². The van der Waals surface area contributed by atoms with Crippen molar-refractivity contribution < 1.29 is 4.52 Å². The topological polar surface area (TPSA) is 52.0 Å². The molecule has 0 amide bonds. The highest BCUT2D eigenvalue weighted by atomic mass is 32.1. The molecule has 0 unspecified atom stereocenters. The predicted molar refractivity (Wildman–Crippen MR) is 58.2 cm³/mol. The van der Waals surface area contributed by atoms with Crippen molar-refractivity contribution in [2.45, 2.75) is 19.8 Å². The zero-order chi connectivity index (χ0) is 9.97. The van der Waals surface area contributed by atoms with Gasteiger partial charge in [0.1, 0.15) is 5.69 Å². The number of nitrogen functional groups attached to an aromatic ring is 1. The molecule has 0 aliphatic heterocycles. The van der Waals surface area contributed by atoms with E-state index in [1.165, 1.54) is 11.3 Å². The van der Waals surface area contributed by atoms with Crippen LogP contribution < -0.4 is 5.73 Å². The van der Waals surface area contributed by atoms with Crippen LogP contribution in [0, 0.1) is 0 Å². The van der Waals surface area contributed by atoms with Crippen molar-refractivity contribution in [1.29, 1.82) is 0 Å². The Kier molecular flexibility index (Phi) is 2.54. The molecule has 0 fully saturated rings. The molecule has 0 saturated carbocycles. The molecule has 0 radical (unpaired) electrons. The summed E-state index contributed by atoms with van der Waals surface area (Å²) in [5.41, 5.74) is 6.29. The van der Waals surface area contributed by atoms with Crippen molar-refractivity contribution in [2.75, 3.05) is 5.73 Å². The molecule has 2 rings (SSSR count). The summed E-state index contributed by atoms with van der Waals surface area (Å²) in [7, 11) is 0. The minimum absolute atomic E-state index is 0.366. The molecule has 4 heteroatoms. The van der Waals surface area contributed by atoms with Gasteiger partial charge >= 0.3 is 0 Å². The SMILES string of the molecule is CCCc1ccc(-c2cc(N)on2)s1. The van der Waals surface area contributed by atoms with E-state index in [9.17, 15) is 0 Å². The number of nitrogens with zero attached hydrogens (tertiary/aromatic N) is 1. The molecule has 0 aromatic carbocycles. The Morgan fingerprint density at radius 1 is 1.50 bits per heavy atom. The molecular weight excluding hydrogens is 196 g/mol. The first-order chi connectivity index (χ1) is 6.79. The third-order valence-corrected chi connectivity index (χ3v) is 3.11. The van der Waals surface area contributed by atoms with Crippen molar-refractivity contribution >= 4 is 17.2 Å². The van der Waals surface area contributed by atoms with Crippen LogP contribution in [-0.2, 0) is 6.42 Å². The fraction of sp³-hybridized carbons (Fsp3) is 0.300. The molecular formula is C10H12N2OS. The summed E-state index contributed by atoms with van der Waals surface area (Å²) in [6.45, 7) is 2.17. The first-order valence-electron chi connectivity index (χ1n) is 4.61. The number of thiophene rings is 1. The van der Waals surface area contributed by atoms with Gasteiger partial charge in [-0.1, -0.05) is 18.5 Å². The fourth-order valence-electron chi connectivity index (χ4n) is 1.30. The minimum atomic E-state index is 0.366. The van der Waals surface area contributed by atoms with Crippen LogP contribution in [0.4, 0.5) is 5.88 Å². The number of anilines is 1. The number of rotatable bonds is 3. The Hall–Kier alpha value is -1.29. The van der Waals surface area contributed by atoms with Crippen LogP contribution in [0.5, 0.6) is 0 Å². The lowest BCUT2D eigenvalue weighted by atomic mass is 10.3. The maximum atomic E-state index is 5.46. The predicted octanol–water partition coefficient (Wildman–Crippen LogP) is 2.94. The van der Waals surface area contributed by atoms with Gasteiger partial charge in [-0.05, 0) is 18.6 Å². The van der Waals surface area contributed by atoms with Crippen LogP contribution in [0.3, 0.4) is 0 Å². The van der Waals surface area contributed by atoms with Crippen molar-refractivity contribution in [3.63, 3.8) is 0 Å². The summed E-state index contributed by atoms with van der Waals surface area (Å²) in [5, 5.41) is 3.87. The second kappa shape index (κ2) is 3.84. The average Bonchev–Trinajstić information content (AvgIpc) is 2.74. The molecule has 14 heavy (non-hydrogen) atoms. The molecule has 0 bridgehead atoms. The van der Waals surface area contributed by atoms with Gasteiger partial charge in [0.15, 0.2) is 0 Å². The van der Waals surface area contributed by atoms with Gasteiger partial charge in [0.25, 0.3) is 0 Å². The Bertz CT molecular complexity index is 419. The lowest BCUT2D eigenvalue weighted by Crippen LogP contribution is -1.75. The maximum absolute atomic E-state index is 5.46. The van der Waals surface area contributed by atoms with Crippen molar-refractivity contribution in [1.82, 2.24) is 5.16 Å². The van der Waals surface area contributed by atoms with E-state index in [2.05, 4.69) is 24.2 Å². The van der Waals surface area contributed by atoms with E-state index in [1.54, 1.807) is 17.4 Å². The van der Waals surface area contributed by atoms with Gasteiger partial charge in [0.05, 0.1) is 4.88 Å². The number of aromatic nitrogens is 1. The molecule has 2 aromatic rings. The van der Waals surface area contributed by atoms with E-state index in [0.29, 0.717) is 5.88 Å². The van der Waals surface area contributed by atoms with E-state index in [0.717, 1.165) is 17.0 Å². The zero-order valence-corrected chi connectivity index (χ0v) is 8.80. The molecule has 0 atom stereocenters. The number of aryl methyl sites for hydroxylation is 1. The van der Waals surface area contributed by atoms with E-state index < -0.39 is 0 Å². The van der Waals surface area contributed by atoms with Gasteiger partial charge in [0, 0.05) is 10.9 Å². The lowest BCUT2D eigenvalue weighted by molar-refractivity contribution is 0.439. The van der Waals surface area contributed by atoms with Gasteiger partial charge in [-0.3, -0.25) is 0 Å². The van der Waals surface area contributed by atoms with E-state index >= 15 is 0 Å². The Morgan fingerprint density at radius 2 is 2.36 bits per heavy atom. The summed E-state index contributed by atoms with van der Waals surface area (Å²) in [6.07, 6.45) is 2.29. The number of hydrogen-bond acceptors (Lipinski definition) is 4. The third kappa shape index (κ3) is 1.80. The van der Waals surface area contributed by atoms with Crippen LogP contribution >= 0.6 is 11.3 Å². The highest BCUT2D eigenvalue weighted by Crippen LogP contribution is 2.28. The van der Waals surface area contributed by atoms with Crippen LogP contribution in [0.15, 0.2) is 22.7 Å². The maximum Gasteiger partial charge on any atom is 0.222 e. The first kappa shape index (κ1) is 9.27. The van der Waals surface area contributed by atoms with Crippen molar-refractivity contribution in [3.8, 4) is 10.6 Å². The lowest BCUT2D eigenvalue weighted by Gasteiger charge is -1.88. The average molecular weight is 208 g/mol. The quantitative estimate of drug-likeness (QED) is 0.843. The molecule has 0 spiro atoms. The van der Waals surface area contributed by atoms with Crippen LogP contribution in [0.1, 0.15) is 18.2 Å². The number of hydrogen-bond donors (Lipinski definition) is 1. The van der Waals surface area contributed by atoms with Crippen LogP contribution in [-0.4, -0.2) is 5.16 Å². The zero-order valence-electron chi connectivity index (χ0n) is 7.99. The van der Waals surface area contributed by atoms with Gasteiger partial charge in [-0.25, -0.2) is 0 Å². The highest BCUT2D eigenvalue weighted by molar-refractivity contribution is 7.15. The van der Waals surface area contributed by atoms with Crippen LogP contribution in [0.25, 0.3) is 10.6 Å². The normalized spacial score (nSPS) is 10.6. The fourth-order valence-corrected chi connectivity index (χ4v) is 2.36. The Morgan fingerprint density at radius 3 is 3.00 bits per heavy atom. The summed E-state index contributed by atoms with van der Waals surface area (Å²) in [5.74, 6) is 0.366. The monoisotopic (exact) mass is 208 g/mol. The summed E-state index contributed by atoms with van der Waals surface area (Å²) < 4.78 is 4.82. The van der Waals surface area contributed by atoms with Gasteiger partial charge in [-0.2, -0.15) is 0 Å². The molecule has 3 nitrogen and oxygen atoms in total.